The van der Waals surface area contributed by atoms with Crippen LogP contribution in [0.3, 0.4) is 0 Å². The summed E-state index contributed by atoms with van der Waals surface area (Å²) >= 11 is 0. The number of aryl methyl sites for hydroxylation is 1. The Kier molecular flexibility index (Phi) is 4.92. The second-order valence-electron chi connectivity index (χ2n) is 7.32. The van der Waals surface area contributed by atoms with E-state index in [4.69, 9.17) is 0 Å². The van der Waals surface area contributed by atoms with Gasteiger partial charge in [0, 0.05) is 33.4 Å². The van der Waals surface area contributed by atoms with E-state index in [1.807, 2.05) is 24.3 Å². The molecule has 0 spiro atoms. The molecule has 0 radical (unpaired) electrons. The zero-order valence-corrected chi connectivity index (χ0v) is 16.5. The normalized spacial score (nSPS) is 14.2. The van der Waals surface area contributed by atoms with Crippen LogP contribution in [0.2, 0.25) is 0 Å². The first-order chi connectivity index (χ1) is 14.0. The van der Waals surface area contributed by atoms with Gasteiger partial charge in [-0.05, 0) is 37.5 Å². The van der Waals surface area contributed by atoms with Crippen LogP contribution in [-0.2, 0) is 14.1 Å². The molecule has 1 fully saturated rings. The maximum Gasteiger partial charge on any atom is 0.332 e. The lowest BCUT2D eigenvalue weighted by Crippen LogP contribution is -2.37. The number of aromatic nitrogens is 3. The van der Waals surface area contributed by atoms with Crippen LogP contribution >= 0.6 is 0 Å². The summed E-state index contributed by atoms with van der Waals surface area (Å²) in [5, 5.41) is 3.18. The fourth-order valence-corrected chi connectivity index (χ4v) is 3.77. The summed E-state index contributed by atoms with van der Waals surface area (Å²) in [6.07, 6.45) is 4.89. The van der Waals surface area contributed by atoms with Crippen molar-refractivity contribution in [3.8, 4) is 0 Å². The van der Waals surface area contributed by atoms with E-state index in [2.05, 4.69) is 15.2 Å². The molecule has 3 aromatic rings. The molecule has 0 unspecified atom stereocenters. The van der Waals surface area contributed by atoms with Crippen molar-refractivity contribution in [1.82, 2.24) is 14.1 Å². The third kappa shape index (κ3) is 3.41. The van der Waals surface area contributed by atoms with Crippen LogP contribution in [0.5, 0.6) is 0 Å². The van der Waals surface area contributed by atoms with Crippen molar-refractivity contribution >= 4 is 28.3 Å². The Labute approximate surface area is 167 Å². The predicted molar refractivity (Wildman–Crippen MR) is 113 cm³/mol. The Balaban J connectivity index is 1.69. The first kappa shape index (κ1) is 18.9. The van der Waals surface area contributed by atoms with Gasteiger partial charge >= 0.3 is 5.69 Å². The van der Waals surface area contributed by atoms with Gasteiger partial charge in [-0.2, -0.15) is 0 Å². The molecule has 2 aromatic heterocycles. The second kappa shape index (κ2) is 7.54. The number of hydrogen-bond acceptors (Lipinski definition) is 5. The van der Waals surface area contributed by atoms with Gasteiger partial charge in [-0.15, -0.1) is 0 Å². The minimum absolute atomic E-state index is 0.228. The lowest BCUT2D eigenvalue weighted by molar-refractivity contribution is 0.102. The third-order valence-corrected chi connectivity index (χ3v) is 5.40. The fraction of sp³-hybridized carbons (Fsp3) is 0.333. The van der Waals surface area contributed by atoms with Crippen molar-refractivity contribution in [3.63, 3.8) is 0 Å². The number of piperidine rings is 1. The van der Waals surface area contributed by atoms with Crippen LogP contribution in [0.4, 0.5) is 11.4 Å². The largest absolute Gasteiger partial charge is 0.370 e. The lowest BCUT2D eigenvalue weighted by Gasteiger charge is -2.30. The minimum Gasteiger partial charge on any atom is -0.370 e. The summed E-state index contributed by atoms with van der Waals surface area (Å²) in [4.78, 5) is 43.9. The molecule has 1 aliphatic heterocycles. The molecule has 4 rings (SSSR count). The summed E-state index contributed by atoms with van der Waals surface area (Å²) in [5.74, 6) is -0.347. The highest BCUT2D eigenvalue weighted by atomic mass is 16.2. The Hall–Kier alpha value is -3.42. The van der Waals surface area contributed by atoms with Crippen molar-refractivity contribution in [2.24, 2.45) is 14.1 Å². The number of nitrogens with one attached hydrogen (secondary N) is 1. The number of para-hydroxylation sites is 2. The van der Waals surface area contributed by atoms with Gasteiger partial charge in [0.1, 0.15) is 5.65 Å². The summed E-state index contributed by atoms with van der Waals surface area (Å²) < 4.78 is 2.31. The highest BCUT2D eigenvalue weighted by molar-refractivity contribution is 6.07. The Morgan fingerprint density at radius 2 is 1.76 bits per heavy atom. The van der Waals surface area contributed by atoms with Gasteiger partial charge in [0.2, 0.25) is 0 Å². The summed E-state index contributed by atoms with van der Waals surface area (Å²) in [6.45, 7) is 1.93. The van der Waals surface area contributed by atoms with Gasteiger partial charge in [-0.1, -0.05) is 12.1 Å². The molecule has 3 heterocycles. The van der Waals surface area contributed by atoms with Gasteiger partial charge in [-0.3, -0.25) is 18.7 Å². The van der Waals surface area contributed by atoms with Crippen molar-refractivity contribution in [1.29, 1.82) is 0 Å². The zero-order valence-electron chi connectivity index (χ0n) is 16.5. The molecule has 0 bridgehead atoms. The van der Waals surface area contributed by atoms with Crippen LogP contribution in [0.1, 0.15) is 29.6 Å². The monoisotopic (exact) mass is 393 g/mol. The van der Waals surface area contributed by atoms with Crippen LogP contribution in [0, 0.1) is 0 Å². The fourth-order valence-electron chi connectivity index (χ4n) is 3.77. The van der Waals surface area contributed by atoms with Crippen molar-refractivity contribution in [2.75, 3.05) is 23.3 Å². The van der Waals surface area contributed by atoms with Crippen molar-refractivity contribution < 1.29 is 4.79 Å². The van der Waals surface area contributed by atoms with Gasteiger partial charge in [-0.25, -0.2) is 9.78 Å². The van der Waals surface area contributed by atoms with Crippen LogP contribution in [0.15, 0.2) is 46.1 Å². The number of nitrogens with zero attached hydrogens (tertiary/aromatic N) is 4. The molecule has 29 heavy (non-hydrogen) atoms. The molecular weight excluding hydrogens is 370 g/mol. The SMILES string of the molecule is Cn1c(=O)c2cc(C(=O)Nc3ccccc3N3CCCCC3)cnc2n(C)c1=O. The number of hydrogen-bond donors (Lipinski definition) is 1. The summed E-state index contributed by atoms with van der Waals surface area (Å²) in [7, 11) is 2.96. The van der Waals surface area contributed by atoms with Gasteiger partial charge < -0.3 is 10.2 Å². The molecule has 1 saturated heterocycles. The summed E-state index contributed by atoms with van der Waals surface area (Å²) in [6, 6.07) is 9.21. The quantitative estimate of drug-likeness (QED) is 0.734. The maximum absolute atomic E-state index is 12.9. The molecule has 8 heteroatoms. The molecule has 0 aliphatic carbocycles. The van der Waals surface area contributed by atoms with E-state index in [0.29, 0.717) is 0 Å². The smallest absolute Gasteiger partial charge is 0.332 e. The number of fused-ring (bicyclic) bond motifs is 1. The lowest BCUT2D eigenvalue weighted by atomic mass is 10.1. The highest BCUT2D eigenvalue weighted by Crippen LogP contribution is 2.28. The van der Waals surface area contributed by atoms with Crippen molar-refractivity contribution in [3.05, 3.63) is 62.9 Å². The number of benzene rings is 1. The molecule has 1 aromatic carbocycles. The number of rotatable bonds is 3. The zero-order chi connectivity index (χ0) is 20.5. The number of carbonyl (C=O) groups is 1. The van der Waals surface area contributed by atoms with E-state index in [1.165, 1.54) is 30.3 Å². The average Bonchev–Trinajstić information content (AvgIpc) is 2.76. The Morgan fingerprint density at radius 3 is 2.52 bits per heavy atom. The molecule has 8 nitrogen and oxygen atoms in total. The molecule has 1 amide bonds. The number of pyridine rings is 1. The third-order valence-electron chi connectivity index (χ3n) is 5.40. The van der Waals surface area contributed by atoms with Crippen LogP contribution in [-0.4, -0.2) is 33.1 Å². The Morgan fingerprint density at radius 1 is 1.03 bits per heavy atom. The van der Waals surface area contributed by atoms with E-state index in [0.717, 1.165) is 41.9 Å². The first-order valence-corrected chi connectivity index (χ1v) is 9.68. The molecule has 0 atom stereocenters. The molecule has 1 aliphatic rings. The van der Waals surface area contributed by atoms with E-state index in [-0.39, 0.29) is 22.5 Å². The molecule has 0 saturated carbocycles. The van der Waals surface area contributed by atoms with Gasteiger partial charge in [0.05, 0.1) is 22.3 Å². The number of amides is 1. The van der Waals surface area contributed by atoms with E-state index < -0.39 is 11.2 Å². The topological polar surface area (TPSA) is 89.2 Å². The van der Waals surface area contributed by atoms with Gasteiger partial charge in [0.15, 0.2) is 0 Å². The minimum atomic E-state index is -0.473. The van der Waals surface area contributed by atoms with E-state index in [9.17, 15) is 14.4 Å². The highest BCUT2D eigenvalue weighted by Gasteiger charge is 2.17. The average molecular weight is 393 g/mol. The van der Waals surface area contributed by atoms with Crippen LogP contribution in [0.25, 0.3) is 11.0 Å². The number of carbonyl (C=O) groups excluding carboxylic acids is 1. The standard InChI is InChI=1S/C21H23N5O3/c1-24-18-15(20(28)25(2)21(24)29)12-14(13-22-18)19(27)23-16-8-4-5-9-17(16)26-10-6-3-7-11-26/h4-5,8-9,12-13H,3,6-7,10-11H2,1-2H3,(H,23,27). The van der Waals surface area contributed by atoms with E-state index in [1.54, 1.807) is 7.05 Å². The Bertz CT molecular complexity index is 1210. The second-order valence-corrected chi connectivity index (χ2v) is 7.32. The number of anilines is 2. The predicted octanol–water partition coefficient (Wildman–Crippen LogP) is 1.87. The molecule has 150 valence electrons. The van der Waals surface area contributed by atoms with Crippen molar-refractivity contribution in [2.45, 2.75) is 19.3 Å². The maximum atomic E-state index is 12.9. The van der Waals surface area contributed by atoms with Crippen LogP contribution < -0.4 is 21.5 Å². The first-order valence-electron chi connectivity index (χ1n) is 9.68. The molecular formula is C21H23N5O3. The van der Waals surface area contributed by atoms with E-state index >= 15 is 0 Å². The molecule has 1 N–H and O–H groups in total. The van der Waals surface area contributed by atoms with Gasteiger partial charge in [0.25, 0.3) is 11.5 Å². The summed E-state index contributed by atoms with van der Waals surface area (Å²) in [5.41, 5.74) is 1.31.